The summed E-state index contributed by atoms with van der Waals surface area (Å²) in [5.74, 6) is -0.515. The number of halogens is 1. The van der Waals surface area contributed by atoms with E-state index in [1.165, 1.54) is 10.9 Å². The third-order valence-corrected chi connectivity index (χ3v) is 2.26. The summed E-state index contributed by atoms with van der Waals surface area (Å²) in [7, 11) is 0. The van der Waals surface area contributed by atoms with Crippen LogP contribution in [0.15, 0.2) is 6.20 Å². The summed E-state index contributed by atoms with van der Waals surface area (Å²) in [5, 5.41) is 6.25. The van der Waals surface area contributed by atoms with Crippen LogP contribution < -0.4 is 5.32 Å². The van der Waals surface area contributed by atoms with Gasteiger partial charge in [0.15, 0.2) is 0 Å². The van der Waals surface area contributed by atoms with Crippen molar-refractivity contribution >= 4 is 11.8 Å². The van der Waals surface area contributed by atoms with E-state index in [2.05, 4.69) is 10.4 Å². The number of nitrogens with one attached hydrogen (secondary N) is 1. The first-order valence-electron chi connectivity index (χ1n) is 5.60. The van der Waals surface area contributed by atoms with E-state index in [1.807, 2.05) is 0 Å². The Morgan fingerprint density at radius 3 is 2.76 bits per heavy atom. The molecule has 0 aliphatic heterocycles. The van der Waals surface area contributed by atoms with Gasteiger partial charge in [-0.25, -0.2) is 9.48 Å². The number of hydrogen-bond donors (Lipinski definition) is 1. The Morgan fingerprint density at radius 2 is 2.24 bits per heavy atom. The van der Waals surface area contributed by atoms with E-state index in [9.17, 15) is 9.18 Å². The van der Waals surface area contributed by atoms with Crippen LogP contribution in [0.1, 0.15) is 39.7 Å². The molecule has 0 spiro atoms. The Balaban J connectivity index is 2.01. The van der Waals surface area contributed by atoms with Gasteiger partial charge in [0, 0.05) is 0 Å². The van der Waals surface area contributed by atoms with Gasteiger partial charge >= 0.3 is 6.09 Å². The summed E-state index contributed by atoms with van der Waals surface area (Å²) < 4.78 is 20.1. The van der Waals surface area contributed by atoms with Crippen molar-refractivity contribution in [1.82, 2.24) is 9.78 Å². The predicted octanol–water partition coefficient (Wildman–Crippen LogP) is 2.70. The normalized spacial score (nSPS) is 15.8. The van der Waals surface area contributed by atoms with Crippen molar-refractivity contribution in [3.05, 3.63) is 12.1 Å². The molecule has 1 fully saturated rings. The second kappa shape index (κ2) is 4.01. The number of amides is 1. The van der Waals surface area contributed by atoms with Crippen LogP contribution in [0.2, 0.25) is 0 Å². The van der Waals surface area contributed by atoms with Gasteiger partial charge in [0.1, 0.15) is 11.3 Å². The van der Waals surface area contributed by atoms with Crippen molar-refractivity contribution in [2.24, 2.45) is 0 Å². The molecule has 1 aromatic rings. The standard InChI is InChI=1S/C11H16FN3O2/c1-11(2,3)17-10(16)14-8-6-13-15(9(8)12)7-4-5-7/h6-7H,4-5H2,1-3H3,(H,14,16). The molecule has 1 aliphatic rings. The third kappa shape index (κ3) is 2.95. The Morgan fingerprint density at radius 1 is 1.59 bits per heavy atom. The van der Waals surface area contributed by atoms with Crippen molar-refractivity contribution in [2.45, 2.75) is 45.3 Å². The van der Waals surface area contributed by atoms with Crippen LogP contribution in [-0.2, 0) is 4.74 Å². The molecule has 1 saturated carbocycles. The van der Waals surface area contributed by atoms with Crippen molar-refractivity contribution in [1.29, 1.82) is 0 Å². The van der Waals surface area contributed by atoms with E-state index in [0.29, 0.717) is 0 Å². The van der Waals surface area contributed by atoms with E-state index in [4.69, 9.17) is 4.74 Å². The lowest BCUT2D eigenvalue weighted by molar-refractivity contribution is 0.0635. The summed E-state index contributed by atoms with van der Waals surface area (Å²) >= 11 is 0. The van der Waals surface area contributed by atoms with Crippen LogP contribution in [0.4, 0.5) is 14.9 Å². The zero-order valence-electron chi connectivity index (χ0n) is 10.2. The number of aromatic nitrogens is 2. The molecular weight excluding hydrogens is 225 g/mol. The van der Waals surface area contributed by atoms with Gasteiger partial charge in [-0.3, -0.25) is 5.32 Å². The smallest absolute Gasteiger partial charge is 0.412 e. The summed E-state index contributed by atoms with van der Waals surface area (Å²) in [4.78, 5) is 11.4. The first kappa shape index (κ1) is 11.9. The van der Waals surface area contributed by atoms with Gasteiger partial charge in [-0.05, 0) is 33.6 Å². The average molecular weight is 241 g/mol. The largest absolute Gasteiger partial charge is 0.444 e. The van der Waals surface area contributed by atoms with Crippen LogP contribution >= 0.6 is 0 Å². The van der Waals surface area contributed by atoms with Crippen molar-refractivity contribution < 1.29 is 13.9 Å². The van der Waals surface area contributed by atoms with E-state index in [0.717, 1.165) is 12.8 Å². The van der Waals surface area contributed by atoms with Gasteiger partial charge in [-0.15, -0.1) is 0 Å². The number of hydrogen-bond acceptors (Lipinski definition) is 3. The first-order chi connectivity index (χ1) is 7.87. The van der Waals surface area contributed by atoms with Crippen molar-refractivity contribution in [3.8, 4) is 0 Å². The molecule has 94 valence electrons. The number of nitrogens with zero attached hydrogens (tertiary/aromatic N) is 2. The summed E-state index contributed by atoms with van der Waals surface area (Å²) in [5.41, 5.74) is -0.543. The summed E-state index contributed by atoms with van der Waals surface area (Å²) in [6, 6.07) is 0.143. The Labute approximate surface area is 98.9 Å². The lowest BCUT2D eigenvalue weighted by atomic mass is 10.2. The van der Waals surface area contributed by atoms with Crippen LogP contribution in [0.25, 0.3) is 0 Å². The van der Waals surface area contributed by atoms with Crippen molar-refractivity contribution in [3.63, 3.8) is 0 Å². The maximum Gasteiger partial charge on any atom is 0.412 e. The van der Waals surface area contributed by atoms with Crippen LogP contribution in [-0.4, -0.2) is 21.5 Å². The Hall–Kier alpha value is -1.59. The maximum atomic E-state index is 13.7. The molecule has 1 N–H and O–H groups in total. The zero-order valence-corrected chi connectivity index (χ0v) is 10.2. The number of carbonyl (C=O) groups is 1. The number of ether oxygens (including phenoxy) is 1. The molecule has 2 rings (SSSR count). The molecule has 0 atom stereocenters. The van der Waals surface area contributed by atoms with Crippen LogP contribution in [0.3, 0.4) is 0 Å². The highest BCUT2D eigenvalue weighted by atomic mass is 19.1. The van der Waals surface area contributed by atoms with E-state index < -0.39 is 17.6 Å². The fourth-order valence-electron chi connectivity index (χ4n) is 1.42. The fourth-order valence-corrected chi connectivity index (χ4v) is 1.42. The lowest BCUT2D eigenvalue weighted by Crippen LogP contribution is -2.27. The molecule has 0 bridgehead atoms. The molecular formula is C11H16FN3O2. The molecule has 1 aliphatic carbocycles. The summed E-state index contributed by atoms with van der Waals surface area (Å²) in [6.45, 7) is 5.24. The molecule has 1 aromatic heterocycles. The minimum atomic E-state index is -0.674. The van der Waals surface area contributed by atoms with Gasteiger partial charge in [0.25, 0.3) is 0 Å². The Bertz CT molecular complexity index is 432. The van der Waals surface area contributed by atoms with E-state index >= 15 is 0 Å². The number of carbonyl (C=O) groups excluding carboxylic acids is 1. The van der Waals surface area contributed by atoms with Crippen molar-refractivity contribution in [2.75, 3.05) is 5.32 Å². The highest BCUT2D eigenvalue weighted by Gasteiger charge is 2.29. The second-order valence-corrected chi connectivity index (χ2v) is 5.15. The summed E-state index contributed by atoms with van der Waals surface area (Å²) in [6.07, 6.45) is 2.50. The highest BCUT2D eigenvalue weighted by molar-refractivity contribution is 5.84. The molecule has 6 heteroatoms. The van der Waals surface area contributed by atoms with Crippen LogP contribution in [0.5, 0.6) is 0 Å². The molecule has 0 aromatic carbocycles. The van der Waals surface area contributed by atoms with Crippen LogP contribution in [0, 0.1) is 5.95 Å². The molecule has 5 nitrogen and oxygen atoms in total. The number of anilines is 1. The van der Waals surface area contributed by atoms with Gasteiger partial charge in [0.05, 0.1) is 12.2 Å². The first-order valence-corrected chi connectivity index (χ1v) is 5.60. The number of rotatable bonds is 2. The molecule has 1 heterocycles. The molecule has 0 saturated heterocycles. The van der Waals surface area contributed by atoms with Gasteiger partial charge in [0.2, 0.25) is 5.95 Å². The van der Waals surface area contributed by atoms with E-state index in [1.54, 1.807) is 20.8 Å². The van der Waals surface area contributed by atoms with E-state index in [-0.39, 0.29) is 11.7 Å². The highest BCUT2D eigenvalue weighted by Crippen LogP contribution is 2.36. The quantitative estimate of drug-likeness (QED) is 0.866. The minimum absolute atomic E-state index is 0.0613. The average Bonchev–Trinajstić information content (AvgIpc) is 2.92. The predicted molar refractivity (Wildman–Crippen MR) is 60.3 cm³/mol. The topological polar surface area (TPSA) is 56.1 Å². The monoisotopic (exact) mass is 241 g/mol. The SMILES string of the molecule is CC(C)(C)OC(=O)Nc1cnn(C2CC2)c1F. The fraction of sp³-hybridized carbons (Fsp3) is 0.636. The lowest BCUT2D eigenvalue weighted by Gasteiger charge is -2.19. The second-order valence-electron chi connectivity index (χ2n) is 5.15. The maximum absolute atomic E-state index is 13.7. The van der Waals surface area contributed by atoms with Gasteiger partial charge < -0.3 is 4.74 Å². The minimum Gasteiger partial charge on any atom is -0.444 e. The zero-order chi connectivity index (χ0) is 12.6. The van der Waals surface area contributed by atoms with Gasteiger partial charge in [-0.2, -0.15) is 9.49 Å². The van der Waals surface area contributed by atoms with Gasteiger partial charge in [-0.1, -0.05) is 0 Å². The molecule has 0 radical (unpaired) electrons. The third-order valence-electron chi connectivity index (χ3n) is 2.26. The molecule has 0 unspecified atom stereocenters. The molecule has 1 amide bonds. The molecule has 17 heavy (non-hydrogen) atoms. The Kier molecular flexibility index (Phi) is 2.81.